The van der Waals surface area contributed by atoms with Gasteiger partial charge in [-0.15, -0.1) is 0 Å². The van der Waals surface area contributed by atoms with E-state index in [0.717, 1.165) is 17.6 Å². The zero-order chi connectivity index (χ0) is 14.9. The molecule has 22 heavy (non-hydrogen) atoms. The number of carbonyl (C=O) groups is 2. The Kier molecular flexibility index (Phi) is 2.66. The summed E-state index contributed by atoms with van der Waals surface area (Å²) in [7, 11) is -0.170. The Labute approximate surface area is 131 Å². The number of hydrogen-bond acceptors (Lipinski definition) is 2. The van der Waals surface area contributed by atoms with E-state index in [0.29, 0.717) is 16.5 Å². The lowest BCUT2D eigenvalue weighted by atomic mass is 9.82. The van der Waals surface area contributed by atoms with Crippen LogP contribution in [0.2, 0.25) is 0 Å². The molecule has 1 saturated heterocycles. The van der Waals surface area contributed by atoms with Crippen molar-refractivity contribution >= 4 is 19.7 Å². The quantitative estimate of drug-likeness (QED) is 0.615. The monoisotopic (exact) mass is 313 g/mol. The Hall–Kier alpha value is -1.21. The Morgan fingerprint density at radius 3 is 2.09 bits per heavy atom. The van der Waals surface area contributed by atoms with E-state index in [9.17, 15) is 9.59 Å². The summed E-state index contributed by atoms with van der Waals surface area (Å²) < 4.78 is 0. The Morgan fingerprint density at radius 1 is 1.00 bits per heavy atom. The van der Waals surface area contributed by atoms with Gasteiger partial charge in [-0.1, -0.05) is 32.9 Å². The first kappa shape index (κ1) is 13.2. The summed E-state index contributed by atoms with van der Waals surface area (Å²) in [5.74, 6) is -0.117. The van der Waals surface area contributed by atoms with Crippen LogP contribution in [0.5, 0.6) is 0 Å². The van der Waals surface area contributed by atoms with Crippen molar-refractivity contribution in [3.63, 3.8) is 0 Å². The van der Waals surface area contributed by atoms with Gasteiger partial charge in [0.05, 0.1) is 11.1 Å². The predicted molar refractivity (Wildman–Crippen MR) is 86.4 cm³/mol. The van der Waals surface area contributed by atoms with Gasteiger partial charge < -0.3 is 0 Å². The van der Waals surface area contributed by atoms with Gasteiger partial charge in [0.15, 0.2) is 0 Å². The molecule has 4 aliphatic rings. The van der Waals surface area contributed by atoms with Crippen LogP contribution < -0.4 is 0 Å². The Morgan fingerprint density at radius 2 is 1.55 bits per heavy atom. The first-order chi connectivity index (χ1) is 10.7. The lowest BCUT2D eigenvalue weighted by molar-refractivity contribution is 0.0679. The summed E-state index contributed by atoms with van der Waals surface area (Å²) in [5, 5.41) is 0. The molecule has 3 nitrogen and oxygen atoms in total. The molecule has 2 saturated carbocycles. The molecule has 5 rings (SSSR count). The van der Waals surface area contributed by atoms with E-state index in [1.165, 1.54) is 38.5 Å². The van der Waals surface area contributed by atoms with Gasteiger partial charge in [0.1, 0.15) is 0 Å². The smallest absolute Gasteiger partial charge is 0.261 e. The number of benzene rings is 1. The van der Waals surface area contributed by atoms with Crippen LogP contribution in [0, 0.1) is 5.41 Å². The van der Waals surface area contributed by atoms with E-state index in [2.05, 4.69) is 0 Å². The van der Waals surface area contributed by atoms with Crippen molar-refractivity contribution in [2.24, 2.45) is 5.41 Å². The summed E-state index contributed by atoms with van der Waals surface area (Å²) >= 11 is 0. The minimum Gasteiger partial charge on any atom is -0.270 e. The normalized spacial score (nSPS) is 38.7. The van der Waals surface area contributed by atoms with Crippen LogP contribution in [0.1, 0.15) is 59.2 Å². The number of nitrogens with zero attached hydrogens (tertiary/aromatic N) is 1. The molecular weight excluding hydrogens is 293 g/mol. The summed E-state index contributed by atoms with van der Waals surface area (Å²) in [6.07, 6.45) is 8.94. The highest BCUT2D eigenvalue weighted by Gasteiger charge is 2.65. The topological polar surface area (TPSA) is 37.4 Å². The van der Waals surface area contributed by atoms with E-state index < -0.39 is 0 Å². The maximum atomic E-state index is 12.6. The van der Waals surface area contributed by atoms with Crippen LogP contribution in [-0.2, 0) is 0 Å². The Balaban J connectivity index is 1.42. The van der Waals surface area contributed by atoms with Gasteiger partial charge in [0.25, 0.3) is 11.8 Å². The van der Waals surface area contributed by atoms with Gasteiger partial charge >= 0.3 is 0 Å². The molecule has 1 aromatic carbocycles. The number of hydrogen-bond donors (Lipinski definition) is 0. The molecule has 1 spiro atoms. The largest absolute Gasteiger partial charge is 0.270 e. The van der Waals surface area contributed by atoms with E-state index in [1.807, 2.05) is 12.1 Å². The standard InChI is InChI=1S/C18H20NO2P/c20-16-12-5-1-2-6-13(12)17(21)19(16)11-22-14-7-3-9-18(14)10-4-8-15(18)22/h1-2,5-6,14-15H,3-4,7-11H2. The molecule has 0 N–H and O–H groups in total. The van der Waals surface area contributed by atoms with Crippen LogP contribution in [0.3, 0.4) is 0 Å². The fraction of sp³-hybridized carbons (Fsp3) is 0.556. The highest BCUT2D eigenvalue weighted by Crippen LogP contribution is 2.79. The van der Waals surface area contributed by atoms with Gasteiger partial charge in [0, 0.05) is 6.29 Å². The summed E-state index contributed by atoms with van der Waals surface area (Å²) in [4.78, 5) is 26.7. The molecule has 4 heteroatoms. The second kappa shape index (κ2) is 4.41. The molecule has 2 unspecified atom stereocenters. The van der Waals surface area contributed by atoms with Crippen molar-refractivity contribution in [2.75, 3.05) is 6.29 Å². The molecule has 2 aliphatic heterocycles. The third kappa shape index (κ3) is 1.46. The van der Waals surface area contributed by atoms with Crippen LogP contribution in [0.25, 0.3) is 0 Å². The average Bonchev–Trinajstić information content (AvgIpc) is 3.16. The summed E-state index contributed by atoms with van der Waals surface area (Å²) in [5.41, 5.74) is 3.50. The highest BCUT2D eigenvalue weighted by molar-refractivity contribution is 7.61. The third-order valence-electron chi connectivity index (χ3n) is 6.55. The molecular formula is C18H20NO2P. The number of amides is 2. The second-order valence-corrected chi connectivity index (χ2v) is 9.85. The molecule has 1 aromatic rings. The molecule has 0 aromatic heterocycles. The van der Waals surface area contributed by atoms with Crippen molar-refractivity contribution < 1.29 is 9.59 Å². The third-order valence-corrected chi connectivity index (χ3v) is 10.3. The van der Waals surface area contributed by atoms with Gasteiger partial charge in [-0.3, -0.25) is 14.5 Å². The number of carbonyl (C=O) groups excluding carboxylic acids is 2. The molecule has 0 radical (unpaired) electrons. The number of fused-ring (bicyclic) bond motifs is 1. The lowest BCUT2D eigenvalue weighted by Gasteiger charge is -2.57. The Bertz CT molecular complexity index is 630. The van der Waals surface area contributed by atoms with Crippen LogP contribution in [-0.4, -0.2) is 34.3 Å². The predicted octanol–water partition coefficient (Wildman–Crippen LogP) is 3.83. The van der Waals surface area contributed by atoms with Crippen LogP contribution >= 0.6 is 7.92 Å². The zero-order valence-electron chi connectivity index (χ0n) is 12.6. The van der Waals surface area contributed by atoms with Crippen molar-refractivity contribution in [2.45, 2.75) is 49.8 Å². The summed E-state index contributed by atoms with van der Waals surface area (Å²) in [6, 6.07) is 7.28. The van der Waals surface area contributed by atoms with E-state index >= 15 is 0 Å². The maximum absolute atomic E-state index is 12.6. The van der Waals surface area contributed by atoms with Crippen molar-refractivity contribution in [1.82, 2.24) is 4.90 Å². The molecule has 2 heterocycles. The number of imide groups is 1. The molecule has 2 atom stereocenters. The fourth-order valence-electron chi connectivity index (χ4n) is 5.69. The molecule has 3 fully saturated rings. The molecule has 2 aliphatic carbocycles. The maximum Gasteiger partial charge on any atom is 0.261 e. The van der Waals surface area contributed by atoms with E-state index in [4.69, 9.17) is 0 Å². The minimum atomic E-state index is -0.170. The fourth-order valence-corrected chi connectivity index (χ4v) is 10.1. The van der Waals surface area contributed by atoms with Gasteiger partial charge in [-0.2, -0.15) is 0 Å². The first-order valence-electron chi connectivity index (χ1n) is 8.43. The first-order valence-corrected chi connectivity index (χ1v) is 10.1. The average molecular weight is 313 g/mol. The zero-order valence-corrected chi connectivity index (χ0v) is 13.5. The number of rotatable bonds is 2. The lowest BCUT2D eigenvalue weighted by Crippen LogP contribution is -2.50. The molecule has 114 valence electrons. The SMILES string of the molecule is O=C1c2ccccc2C(=O)N1CP1C2CCCC23CCCC13. The summed E-state index contributed by atoms with van der Waals surface area (Å²) in [6.45, 7) is 0. The van der Waals surface area contributed by atoms with Gasteiger partial charge in [-0.25, -0.2) is 0 Å². The second-order valence-electron chi connectivity index (χ2n) is 7.29. The molecule has 2 amide bonds. The minimum absolute atomic E-state index is 0.0587. The van der Waals surface area contributed by atoms with E-state index in [1.54, 1.807) is 17.0 Å². The van der Waals surface area contributed by atoms with E-state index in [-0.39, 0.29) is 19.7 Å². The van der Waals surface area contributed by atoms with Crippen LogP contribution in [0.4, 0.5) is 0 Å². The van der Waals surface area contributed by atoms with Crippen molar-refractivity contribution in [3.8, 4) is 0 Å². The van der Waals surface area contributed by atoms with Gasteiger partial charge in [0.2, 0.25) is 0 Å². The van der Waals surface area contributed by atoms with Crippen molar-refractivity contribution in [3.05, 3.63) is 35.4 Å². The highest BCUT2D eigenvalue weighted by atomic mass is 31.1. The van der Waals surface area contributed by atoms with Gasteiger partial charge in [-0.05, 0) is 54.5 Å². The van der Waals surface area contributed by atoms with Crippen molar-refractivity contribution in [1.29, 1.82) is 0 Å². The van der Waals surface area contributed by atoms with Crippen LogP contribution in [0.15, 0.2) is 24.3 Å². The molecule has 0 bridgehead atoms.